The molecule has 0 fully saturated rings. The molecule has 0 unspecified atom stereocenters. The lowest BCUT2D eigenvalue weighted by Crippen LogP contribution is -2.40. The molecule has 2 aromatic heterocycles. The van der Waals surface area contributed by atoms with Crippen molar-refractivity contribution in [2.45, 2.75) is 117 Å². The normalized spacial score (nSPS) is 18.5. The molecule has 0 spiro atoms. The molecule has 4 nitrogen and oxygen atoms in total. The molecule has 1 aliphatic rings. The van der Waals surface area contributed by atoms with Crippen LogP contribution in [0.25, 0.3) is 84.0 Å². The maximum absolute atomic E-state index is 13.2. The van der Waals surface area contributed by atoms with Gasteiger partial charge < -0.3 is 5.11 Å². The third kappa shape index (κ3) is 9.22. The molecule has 0 saturated carbocycles. The Kier molecular flexibility index (Phi) is 7.86. The minimum Gasteiger partial charge on any atom is -0.507 e. The number of rotatable bonds is 7. The van der Waals surface area contributed by atoms with E-state index in [1.807, 2.05) is 87.5 Å². The Bertz CT molecular complexity index is 4250. The lowest BCUT2D eigenvalue weighted by atomic mass is 9.79. The summed E-state index contributed by atoms with van der Waals surface area (Å²) < 4.78 is 161. The quantitative estimate of drug-likeness (QED) is 0.162. The van der Waals surface area contributed by atoms with E-state index in [4.69, 9.17) is 34.6 Å². The predicted molar refractivity (Wildman–Crippen MR) is 314 cm³/mol. The van der Waals surface area contributed by atoms with Gasteiger partial charge in [-0.15, -0.1) is 0 Å². The smallest absolute Gasteiger partial charge is 0.149 e. The van der Waals surface area contributed by atoms with E-state index >= 15 is 0 Å². The third-order valence-corrected chi connectivity index (χ3v) is 17.9. The van der Waals surface area contributed by atoms with E-state index in [0.717, 1.165) is 33.9 Å². The van der Waals surface area contributed by atoms with Crippen molar-refractivity contribution in [1.29, 1.82) is 0 Å². The van der Waals surface area contributed by atoms with Gasteiger partial charge in [0.1, 0.15) is 19.6 Å². The van der Waals surface area contributed by atoms with Crippen molar-refractivity contribution in [1.82, 2.24) is 14.5 Å². The Labute approximate surface area is 460 Å². The number of benzene rings is 7. The highest BCUT2D eigenvalue weighted by Gasteiger charge is 2.36. The zero-order valence-corrected chi connectivity index (χ0v) is 43.5. The third-order valence-electron chi connectivity index (χ3n) is 14.4. The summed E-state index contributed by atoms with van der Waals surface area (Å²) >= 11 is 0. The van der Waals surface area contributed by atoms with Gasteiger partial charge in [-0.2, -0.15) is 0 Å². The molecule has 7 aromatic carbocycles. The highest BCUT2D eigenvalue weighted by molar-refractivity contribution is 7.07. The largest absolute Gasteiger partial charge is 0.507 e. The van der Waals surface area contributed by atoms with Crippen LogP contribution < -0.4 is 5.19 Å². The van der Waals surface area contributed by atoms with Crippen molar-refractivity contribution in [3.63, 3.8) is 0 Å². The highest BCUT2D eigenvalue weighted by atomic mass is 28.3. The van der Waals surface area contributed by atoms with E-state index in [2.05, 4.69) is 94.5 Å². The van der Waals surface area contributed by atoms with Crippen LogP contribution in [0.15, 0.2) is 164 Å². The van der Waals surface area contributed by atoms with Crippen LogP contribution >= 0.6 is 0 Å². The van der Waals surface area contributed by atoms with Crippen LogP contribution in [0.4, 0.5) is 0 Å². The van der Waals surface area contributed by atoms with E-state index in [1.54, 1.807) is 35.0 Å². The summed E-state index contributed by atoms with van der Waals surface area (Å²) in [6.07, 6.45) is 4.07. The lowest BCUT2D eigenvalue weighted by Gasteiger charge is -2.28. The zero-order valence-electron chi connectivity index (χ0n) is 60.5. The second kappa shape index (κ2) is 17.8. The van der Waals surface area contributed by atoms with Gasteiger partial charge in [-0.1, -0.05) is 211 Å². The molecule has 3 heterocycles. The summed E-state index contributed by atoms with van der Waals surface area (Å²) in [6, 6.07) is 48.2. The molecule has 9 aromatic rings. The standard InChI is InChI=1S/C68H71N3OSi/c1-65(2,3)50-31-32-58(54(40-50)44-21-16-15-17-22-44)71-59-25-20-24-53(62(59)70-64(71)55-41-52(67(7,8)9)42-56(63(55)72)68(10,11)12)48-35-49(37-51(36-48)66(4,5)6)57-38-46(33-34-69-57)43-27-29-45(30-28-43)61-39-47-23-18-19-26-60(47)73(61,13)14/h15-42,72H,1-14H3/i7D3,8D3,9D3,10D3,11D3,12D3. The molecule has 0 atom stereocenters. The number of para-hydroxylation sites is 1. The van der Waals surface area contributed by atoms with Gasteiger partial charge in [0, 0.05) is 53.1 Å². The molecule has 10 rings (SSSR count). The summed E-state index contributed by atoms with van der Waals surface area (Å²) in [5.41, 5.74) is -2.00. The number of fused-ring (bicyclic) bond motifs is 2. The molecule has 0 bridgehead atoms. The number of hydrogen-bond acceptors (Lipinski definition) is 3. The monoisotopic (exact) mass is 992 g/mol. The van der Waals surface area contributed by atoms with Crippen LogP contribution in [-0.4, -0.2) is 27.7 Å². The van der Waals surface area contributed by atoms with Gasteiger partial charge in [-0.05, 0) is 131 Å². The fourth-order valence-electron chi connectivity index (χ4n) is 10.2. The molecule has 368 valence electrons. The van der Waals surface area contributed by atoms with Crippen molar-refractivity contribution >= 4 is 35.6 Å². The van der Waals surface area contributed by atoms with Gasteiger partial charge in [-0.25, -0.2) is 4.98 Å². The van der Waals surface area contributed by atoms with Gasteiger partial charge >= 0.3 is 0 Å². The van der Waals surface area contributed by atoms with Crippen molar-refractivity contribution < 1.29 is 29.8 Å². The highest BCUT2D eigenvalue weighted by Crippen LogP contribution is 2.47. The Hall–Kier alpha value is -7.08. The fourth-order valence-corrected chi connectivity index (χ4v) is 13.3. The van der Waals surface area contributed by atoms with Gasteiger partial charge in [0.05, 0.1) is 28.0 Å². The van der Waals surface area contributed by atoms with E-state index in [-0.39, 0.29) is 11.0 Å². The van der Waals surface area contributed by atoms with Crippen molar-refractivity contribution in [3.8, 4) is 67.5 Å². The maximum atomic E-state index is 13.2. The summed E-state index contributed by atoms with van der Waals surface area (Å²) in [4.78, 5) is 10.2. The van der Waals surface area contributed by atoms with Crippen LogP contribution in [0, 0.1) is 0 Å². The van der Waals surface area contributed by atoms with Crippen molar-refractivity contribution in [2.24, 2.45) is 0 Å². The number of nitrogens with zero attached hydrogens (tertiary/aromatic N) is 3. The number of aromatic hydroxyl groups is 1. The Morgan fingerprint density at radius 3 is 1.86 bits per heavy atom. The average Bonchev–Trinajstić information content (AvgIpc) is 0.860. The molecular weight excluding hydrogens is 903 g/mol. The SMILES string of the molecule is [2H]C([2H])([2H])C(c1cc(-c2nc3c(-c4cc(-c5cc(-c6ccc(C7=Cc8ccccc8[Si]7(C)C)cc6)ccn5)cc(C(C)(C)C)c4)cccc3n2-c2ccc(C(C)(C)C)cc2-c2ccccc2)c(O)c(C(C([2H])([2H])[2H])(C([2H])([2H])[2H])C([2H])([2H])[2H])c1)(C([2H])([2H])[2H])C([2H])([2H])[2H]. The van der Waals surface area contributed by atoms with Gasteiger partial charge in [-0.3, -0.25) is 9.55 Å². The molecule has 1 N–H and O–H groups in total. The van der Waals surface area contributed by atoms with Crippen LogP contribution in [-0.2, 0) is 21.7 Å². The van der Waals surface area contributed by atoms with Crippen LogP contribution in [0.2, 0.25) is 13.1 Å². The molecule has 0 amide bonds. The van der Waals surface area contributed by atoms with Crippen LogP contribution in [0.1, 0.15) is 141 Å². The molecule has 0 radical (unpaired) electrons. The minimum atomic E-state index is -4.14. The van der Waals surface area contributed by atoms with E-state index in [1.165, 1.54) is 21.5 Å². The molecule has 0 saturated heterocycles. The Morgan fingerprint density at radius 2 is 1.16 bits per heavy atom. The number of aromatic nitrogens is 3. The number of imidazole rings is 1. The maximum Gasteiger partial charge on any atom is 0.149 e. The zero-order chi connectivity index (χ0) is 67.0. The van der Waals surface area contributed by atoms with Gasteiger partial charge in [0.2, 0.25) is 0 Å². The van der Waals surface area contributed by atoms with E-state index < -0.39 is 99.1 Å². The molecule has 73 heavy (non-hydrogen) atoms. The van der Waals surface area contributed by atoms with Gasteiger partial charge in [0.25, 0.3) is 0 Å². The van der Waals surface area contributed by atoms with Crippen molar-refractivity contribution in [2.75, 3.05) is 0 Å². The summed E-state index contributed by atoms with van der Waals surface area (Å²) in [6.45, 7) is -7.58. The second-order valence-corrected chi connectivity index (χ2v) is 26.4. The number of phenolic OH excluding ortho intramolecular Hbond substituents is 1. The van der Waals surface area contributed by atoms with Crippen LogP contribution in [0.5, 0.6) is 5.75 Å². The topological polar surface area (TPSA) is 50.9 Å². The first-order valence-electron chi connectivity index (χ1n) is 33.5. The predicted octanol–water partition coefficient (Wildman–Crippen LogP) is 17.7. The summed E-state index contributed by atoms with van der Waals surface area (Å²) in [5.74, 6) is -1.75. The first-order valence-corrected chi connectivity index (χ1v) is 27.5. The molecule has 0 aliphatic carbocycles. The Balaban J connectivity index is 1.30. The number of phenols is 1. The number of pyridine rings is 1. The fraction of sp³-hybridized carbons (Fsp3) is 0.265. The molecular formula is C68H71N3OSi. The molecule has 1 aliphatic heterocycles. The summed E-state index contributed by atoms with van der Waals surface area (Å²) in [5, 5.41) is 15.9. The summed E-state index contributed by atoms with van der Waals surface area (Å²) in [7, 11) is -1.95. The van der Waals surface area contributed by atoms with E-state index in [0.29, 0.717) is 39.7 Å². The Morgan fingerprint density at radius 1 is 0.507 bits per heavy atom. The first kappa shape index (κ1) is 32.2. The first-order chi connectivity index (χ1) is 41.9. The number of hydrogen-bond donors (Lipinski definition) is 1. The minimum absolute atomic E-state index is 0.190. The molecule has 5 heteroatoms. The van der Waals surface area contributed by atoms with E-state index in [9.17, 15) is 5.11 Å². The van der Waals surface area contributed by atoms with Crippen molar-refractivity contribution in [3.05, 3.63) is 197 Å². The van der Waals surface area contributed by atoms with Gasteiger partial charge in [0.15, 0.2) is 0 Å². The second-order valence-electron chi connectivity index (χ2n) is 22.0. The van der Waals surface area contributed by atoms with Crippen LogP contribution in [0.3, 0.4) is 0 Å². The average molecular weight is 993 g/mol. The lowest BCUT2D eigenvalue weighted by molar-refractivity contribution is 0.446.